The summed E-state index contributed by atoms with van der Waals surface area (Å²) in [7, 11) is 1.81. The number of nitrogen functional groups attached to an aromatic ring is 1. The number of hydrogen-bond donors (Lipinski definition) is 2. The van der Waals surface area contributed by atoms with Crippen LogP contribution in [-0.2, 0) is 20.0 Å². The molecular weight excluding hydrogens is 250 g/mol. The molecule has 102 valence electrons. The zero-order chi connectivity index (χ0) is 14.0. The Bertz CT molecular complexity index is 569. The van der Waals surface area contributed by atoms with Crippen molar-refractivity contribution in [2.24, 2.45) is 7.05 Å². The van der Waals surface area contributed by atoms with Crippen molar-refractivity contribution < 1.29 is 8.78 Å². The molecule has 1 aromatic heterocycles. The van der Waals surface area contributed by atoms with Crippen molar-refractivity contribution in [3.8, 4) is 0 Å². The first-order valence-corrected chi connectivity index (χ1v) is 6.01. The summed E-state index contributed by atoms with van der Waals surface area (Å²) in [5.41, 5.74) is 7.09. The van der Waals surface area contributed by atoms with E-state index in [0.29, 0.717) is 6.54 Å². The van der Waals surface area contributed by atoms with Gasteiger partial charge in [-0.1, -0.05) is 6.92 Å². The summed E-state index contributed by atoms with van der Waals surface area (Å²) in [5.74, 6) is -1.39. The summed E-state index contributed by atoms with van der Waals surface area (Å²) in [6.07, 6.45) is 2.60. The number of anilines is 2. The van der Waals surface area contributed by atoms with Crippen molar-refractivity contribution in [1.29, 1.82) is 0 Å². The molecule has 0 atom stereocenters. The quantitative estimate of drug-likeness (QED) is 0.836. The molecule has 2 aromatic rings. The number of nitrogens with zero attached hydrogens (tertiary/aromatic N) is 2. The van der Waals surface area contributed by atoms with Gasteiger partial charge in [0, 0.05) is 31.0 Å². The molecule has 0 aliphatic heterocycles. The third-order valence-corrected chi connectivity index (χ3v) is 2.85. The summed E-state index contributed by atoms with van der Waals surface area (Å²) >= 11 is 0. The van der Waals surface area contributed by atoms with E-state index in [0.717, 1.165) is 29.8 Å². The fraction of sp³-hybridized carbons (Fsp3) is 0.308. The van der Waals surface area contributed by atoms with Gasteiger partial charge in [-0.3, -0.25) is 4.68 Å². The topological polar surface area (TPSA) is 55.9 Å². The summed E-state index contributed by atoms with van der Waals surface area (Å²) in [6.45, 7) is 2.30. The molecule has 0 aliphatic rings. The van der Waals surface area contributed by atoms with Gasteiger partial charge in [0.15, 0.2) is 11.6 Å². The lowest BCUT2D eigenvalue weighted by molar-refractivity contribution is 0.589. The minimum atomic E-state index is -0.695. The first-order valence-electron chi connectivity index (χ1n) is 6.01. The third kappa shape index (κ3) is 2.83. The molecule has 19 heavy (non-hydrogen) atoms. The van der Waals surface area contributed by atoms with Crippen LogP contribution in [0.5, 0.6) is 0 Å². The van der Waals surface area contributed by atoms with Gasteiger partial charge in [-0.15, -0.1) is 0 Å². The van der Waals surface area contributed by atoms with E-state index in [9.17, 15) is 8.78 Å². The molecule has 0 unspecified atom stereocenters. The van der Waals surface area contributed by atoms with Crippen LogP contribution in [0.15, 0.2) is 18.3 Å². The number of aryl methyl sites for hydroxylation is 2. The number of aromatic nitrogens is 2. The minimum absolute atomic E-state index is 0.0659. The molecule has 0 saturated heterocycles. The second-order valence-corrected chi connectivity index (χ2v) is 4.34. The summed E-state index contributed by atoms with van der Waals surface area (Å²) in [5, 5.41) is 7.02. The first-order chi connectivity index (χ1) is 9.01. The van der Waals surface area contributed by atoms with E-state index in [2.05, 4.69) is 10.4 Å². The number of halogens is 2. The standard InChI is InChI=1S/C13H16F2N4/c1-3-12-8(7-19(2)18-12)6-17-13-10(14)4-9(16)5-11(13)15/h4-5,7,17H,3,6,16H2,1-2H3. The highest BCUT2D eigenvalue weighted by Gasteiger charge is 2.12. The van der Waals surface area contributed by atoms with Crippen LogP contribution in [0.2, 0.25) is 0 Å². The average Bonchev–Trinajstić information content (AvgIpc) is 2.68. The number of hydrogen-bond acceptors (Lipinski definition) is 3. The van der Waals surface area contributed by atoms with Crippen molar-refractivity contribution in [3.05, 3.63) is 41.2 Å². The molecule has 0 fully saturated rings. The van der Waals surface area contributed by atoms with E-state index in [1.165, 1.54) is 0 Å². The Morgan fingerprint density at radius 3 is 2.53 bits per heavy atom. The van der Waals surface area contributed by atoms with Gasteiger partial charge in [-0.25, -0.2) is 8.78 Å². The molecule has 0 bridgehead atoms. The molecule has 4 nitrogen and oxygen atoms in total. The lowest BCUT2D eigenvalue weighted by Crippen LogP contribution is -2.05. The lowest BCUT2D eigenvalue weighted by Gasteiger charge is -2.09. The van der Waals surface area contributed by atoms with Crippen LogP contribution in [-0.4, -0.2) is 9.78 Å². The molecular formula is C13H16F2N4. The molecule has 0 amide bonds. The maximum atomic E-state index is 13.6. The number of benzene rings is 1. The molecule has 6 heteroatoms. The van der Waals surface area contributed by atoms with E-state index in [1.807, 2.05) is 20.2 Å². The Balaban J connectivity index is 2.19. The molecule has 0 saturated carbocycles. The Morgan fingerprint density at radius 2 is 1.95 bits per heavy atom. The molecule has 1 aromatic carbocycles. The second kappa shape index (κ2) is 5.26. The van der Waals surface area contributed by atoms with Gasteiger partial charge in [0.05, 0.1) is 5.69 Å². The second-order valence-electron chi connectivity index (χ2n) is 4.34. The van der Waals surface area contributed by atoms with Crippen molar-refractivity contribution in [2.75, 3.05) is 11.1 Å². The highest BCUT2D eigenvalue weighted by atomic mass is 19.1. The monoisotopic (exact) mass is 266 g/mol. The first kappa shape index (κ1) is 13.3. The van der Waals surface area contributed by atoms with E-state index in [1.54, 1.807) is 4.68 Å². The smallest absolute Gasteiger partial charge is 0.151 e. The maximum Gasteiger partial charge on any atom is 0.151 e. The van der Waals surface area contributed by atoms with Crippen molar-refractivity contribution in [3.63, 3.8) is 0 Å². The van der Waals surface area contributed by atoms with Gasteiger partial charge < -0.3 is 11.1 Å². The highest BCUT2D eigenvalue weighted by Crippen LogP contribution is 2.22. The largest absolute Gasteiger partial charge is 0.399 e. The third-order valence-electron chi connectivity index (χ3n) is 2.85. The fourth-order valence-corrected chi connectivity index (χ4v) is 1.97. The van der Waals surface area contributed by atoms with Gasteiger partial charge in [-0.05, 0) is 18.6 Å². The SMILES string of the molecule is CCc1nn(C)cc1CNc1c(F)cc(N)cc1F. The Morgan fingerprint density at radius 1 is 1.32 bits per heavy atom. The fourth-order valence-electron chi connectivity index (χ4n) is 1.97. The van der Waals surface area contributed by atoms with Crippen molar-refractivity contribution in [1.82, 2.24) is 9.78 Å². The van der Waals surface area contributed by atoms with Crippen LogP contribution < -0.4 is 11.1 Å². The van der Waals surface area contributed by atoms with Crippen LogP contribution in [0.1, 0.15) is 18.2 Å². The molecule has 3 N–H and O–H groups in total. The van der Waals surface area contributed by atoms with Gasteiger partial charge in [0.2, 0.25) is 0 Å². The lowest BCUT2D eigenvalue weighted by atomic mass is 10.2. The zero-order valence-electron chi connectivity index (χ0n) is 10.9. The van der Waals surface area contributed by atoms with Crippen LogP contribution in [0.4, 0.5) is 20.2 Å². The normalized spacial score (nSPS) is 10.7. The van der Waals surface area contributed by atoms with Crippen molar-refractivity contribution in [2.45, 2.75) is 19.9 Å². The zero-order valence-corrected chi connectivity index (χ0v) is 10.9. The van der Waals surface area contributed by atoms with Gasteiger partial charge in [0.1, 0.15) is 5.69 Å². The van der Waals surface area contributed by atoms with E-state index in [4.69, 9.17) is 5.73 Å². The van der Waals surface area contributed by atoms with Gasteiger partial charge >= 0.3 is 0 Å². The molecule has 1 heterocycles. The van der Waals surface area contributed by atoms with Crippen LogP contribution in [0.3, 0.4) is 0 Å². The van der Waals surface area contributed by atoms with Crippen molar-refractivity contribution >= 4 is 11.4 Å². The van der Waals surface area contributed by atoms with E-state index in [-0.39, 0.29) is 11.4 Å². The van der Waals surface area contributed by atoms with Crippen LogP contribution in [0.25, 0.3) is 0 Å². The minimum Gasteiger partial charge on any atom is -0.399 e. The maximum absolute atomic E-state index is 13.6. The van der Waals surface area contributed by atoms with Crippen LogP contribution in [0, 0.1) is 11.6 Å². The van der Waals surface area contributed by atoms with Gasteiger partial charge in [-0.2, -0.15) is 5.10 Å². The number of nitrogens with two attached hydrogens (primary N) is 1. The van der Waals surface area contributed by atoms with E-state index >= 15 is 0 Å². The predicted octanol–water partition coefficient (Wildman–Crippen LogP) is 2.46. The average molecular weight is 266 g/mol. The predicted molar refractivity (Wildman–Crippen MR) is 70.7 cm³/mol. The molecule has 0 aliphatic carbocycles. The Labute approximate surface area is 110 Å². The number of nitrogens with one attached hydrogen (secondary N) is 1. The Kier molecular flexibility index (Phi) is 3.69. The summed E-state index contributed by atoms with van der Waals surface area (Å²) in [6, 6.07) is 2.19. The van der Waals surface area contributed by atoms with Crippen LogP contribution >= 0.6 is 0 Å². The summed E-state index contributed by atoms with van der Waals surface area (Å²) in [4.78, 5) is 0. The Hall–Kier alpha value is -2.11. The molecule has 0 spiro atoms. The van der Waals surface area contributed by atoms with E-state index < -0.39 is 11.6 Å². The molecule has 0 radical (unpaired) electrons. The highest BCUT2D eigenvalue weighted by molar-refractivity contribution is 5.54. The number of rotatable bonds is 4. The van der Waals surface area contributed by atoms with Gasteiger partial charge in [0.25, 0.3) is 0 Å². The summed E-state index contributed by atoms with van der Waals surface area (Å²) < 4.78 is 28.9. The molecule has 2 rings (SSSR count).